The maximum atomic E-state index is 10.3. The van der Waals surface area contributed by atoms with E-state index in [9.17, 15) is 10.2 Å². The zero-order valence-electron chi connectivity index (χ0n) is 10.9. The molecular formula is C10H20Cl4O3Ti. The molecule has 0 aromatic carbocycles. The van der Waals surface area contributed by atoms with Crippen molar-refractivity contribution < 1.29 is 27.3 Å². The molecule has 0 unspecified atom stereocenters. The Morgan fingerprint density at radius 1 is 0.889 bits per heavy atom. The van der Waals surface area contributed by atoms with Gasteiger partial charge in [0.25, 0.3) is 0 Å². The van der Waals surface area contributed by atoms with E-state index in [1.807, 2.05) is 27.7 Å². The van der Waals surface area contributed by atoms with Crippen molar-refractivity contribution in [1.82, 2.24) is 0 Å². The van der Waals surface area contributed by atoms with Crippen LogP contribution in [0, 0.1) is 11.8 Å². The summed E-state index contributed by atoms with van der Waals surface area (Å²) in [4.78, 5) is 0. The predicted octanol–water partition coefficient (Wildman–Crippen LogP) is 3.55. The second kappa shape index (κ2) is 7.15. The Morgan fingerprint density at radius 2 is 1.11 bits per heavy atom. The van der Waals surface area contributed by atoms with Gasteiger partial charge in [-0.3, -0.25) is 0 Å². The third-order valence-electron chi connectivity index (χ3n) is 3.30. The van der Waals surface area contributed by atoms with Crippen molar-refractivity contribution in [3.8, 4) is 0 Å². The number of ether oxygens (including phenoxy) is 1. The van der Waals surface area contributed by atoms with Crippen molar-refractivity contribution in [2.24, 2.45) is 11.8 Å². The molecule has 0 saturated carbocycles. The summed E-state index contributed by atoms with van der Waals surface area (Å²) < 4.78 is 5.20. The van der Waals surface area contributed by atoms with E-state index in [1.165, 1.54) is 0 Å². The van der Waals surface area contributed by atoms with Crippen LogP contribution >= 0.6 is 37.2 Å². The molecule has 1 heterocycles. The average molecular weight is 378 g/mol. The number of aliphatic hydroxyl groups is 2. The summed E-state index contributed by atoms with van der Waals surface area (Å²) >= 11 is -3.11. The van der Waals surface area contributed by atoms with E-state index in [4.69, 9.17) is 42.0 Å². The summed E-state index contributed by atoms with van der Waals surface area (Å²) in [7, 11) is 20.1. The average Bonchev–Trinajstić information content (AvgIpc) is 2.43. The van der Waals surface area contributed by atoms with E-state index < -0.39 is 23.5 Å². The van der Waals surface area contributed by atoms with E-state index >= 15 is 0 Å². The SMILES string of the molecule is CC(C)[C@]1(O)COC[C@]1(O)C(C)C.[Cl][Ti]([Cl])([Cl])[Cl]. The summed E-state index contributed by atoms with van der Waals surface area (Å²) in [5.41, 5.74) is -2.19. The first-order valence-electron chi connectivity index (χ1n) is 5.62. The van der Waals surface area contributed by atoms with Gasteiger partial charge in [-0.2, -0.15) is 0 Å². The van der Waals surface area contributed by atoms with Crippen molar-refractivity contribution in [1.29, 1.82) is 0 Å². The van der Waals surface area contributed by atoms with Crippen molar-refractivity contribution in [2.75, 3.05) is 13.2 Å². The van der Waals surface area contributed by atoms with Crippen LogP contribution in [0.5, 0.6) is 0 Å². The number of halogens is 4. The van der Waals surface area contributed by atoms with Crippen LogP contribution in [-0.4, -0.2) is 34.6 Å². The topological polar surface area (TPSA) is 49.7 Å². The van der Waals surface area contributed by atoms with Crippen molar-refractivity contribution >= 4 is 37.2 Å². The van der Waals surface area contributed by atoms with Crippen LogP contribution in [0.4, 0.5) is 0 Å². The van der Waals surface area contributed by atoms with Crippen LogP contribution < -0.4 is 0 Å². The second-order valence-corrected chi connectivity index (χ2v) is 20.6. The summed E-state index contributed by atoms with van der Waals surface area (Å²) in [6.45, 7) is 8.09. The number of rotatable bonds is 2. The molecule has 18 heavy (non-hydrogen) atoms. The van der Waals surface area contributed by atoms with E-state index in [-0.39, 0.29) is 25.0 Å². The van der Waals surface area contributed by atoms with E-state index in [0.717, 1.165) is 0 Å². The Kier molecular flexibility index (Phi) is 7.85. The molecule has 1 aliphatic rings. The fourth-order valence-corrected chi connectivity index (χ4v) is 1.95. The molecular weight excluding hydrogens is 358 g/mol. The minimum absolute atomic E-state index is 0.00222. The summed E-state index contributed by atoms with van der Waals surface area (Å²) in [5, 5.41) is 20.6. The fourth-order valence-electron chi connectivity index (χ4n) is 1.95. The third kappa shape index (κ3) is 5.27. The molecule has 0 aromatic rings. The Labute approximate surface area is 128 Å². The van der Waals surface area contributed by atoms with Gasteiger partial charge in [0.1, 0.15) is 11.2 Å². The van der Waals surface area contributed by atoms with Gasteiger partial charge in [0.2, 0.25) is 0 Å². The molecule has 0 aromatic heterocycles. The van der Waals surface area contributed by atoms with E-state index in [0.29, 0.717) is 0 Å². The molecule has 0 spiro atoms. The summed E-state index contributed by atoms with van der Waals surface area (Å²) in [6, 6.07) is 0. The Bertz CT molecular complexity index is 246. The zero-order chi connectivity index (χ0) is 14.8. The Morgan fingerprint density at radius 3 is 1.28 bits per heavy atom. The van der Waals surface area contributed by atoms with Gasteiger partial charge in [0.15, 0.2) is 0 Å². The quantitative estimate of drug-likeness (QED) is 0.723. The maximum absolute atomic E-state index is 10.3. The van der Waals surface area contributed by atoms with Gasteiger partial charge in [-0.05, 0) is 11.8 Å². The second-order valence-electron chi connectivity index (χ2n) is 5.08. The van der Waals surface area contributed by atoms with Gasteiger partial charge in [-0.1, -0.05) is 27.7 Å². The Hall–Kier alpha value is 1.75. The van der Waals surface area contributed by atoms with Gasteiger partial charge < -0.3 is 14.9 Å². The van der Waals surface area contributed by atoms with Crippen LogP contribution in [0.25, 0.3) is 0 Å². The number of hydrogen-bond donors (Lipinski definition) is 2. The van der Waals surface area contributed by atoms with Crippen LogP contribution in [0.1, 0.15) is 27.7 Å². The molecule has 1 fully saturated rings. The first kappa shape index (κ1) is 19.8. The zero-order valence-corrected chi connectivity index (χ0v) is 15.5. The minimum atomic E-state index is -3.11. The van der Waals surface area contributed by atoms with Crippen molar-refractivity contribution in [3.63, 3.8) is 0 Å². The van der Waals surface area contributed by atoms with Crippen LogP contribution in [0.2, 0.25) is 0 Å². The van der Waals surface area contributed by atoms with E-state index in [2.05, 4.69) is 0 Å². The molecule has 0 aliphatic carbocycles. The first-order chi connectivity index (χ1) is 7.84. The molecule has 0 amide bonds. The molecule has 3 nitrogen and oxygen atoms in total. The van der Waals surface area contributed by atoms with Crippen molar-refractivity contribution in [2.45, 2.75) is 38.9 Å². The van der Waals surface area contributed by atoms with Gasteiger partial charge in [0.05, 0.1) is 13.2 Å². The fraction of sp³-hybridized carbons (Fsp3) is 1.00. The molecule has 1 rings (SSSR count). The standard InChI is InChI=1S/C10H20O3.4ClH.Ti/c1-7(2)9(11)5-13-6-10(9,12)8(3)4;;;;;/h7-8,11-12H,5-6H2,1-4H3;4*1H;/q;;;;;+4/p-4/t9-,10+;;;;;. The van der Waals surface area contributed by atoms with Gasteiger partial charge in [0, 0.05) is 0 Å². The van der Waals surface area contributed by atoms with Gasteiger partial charge in [-0.25, -0.2) is 0 Å². The first-order valence-corrected chi connectivity index (χ1v) is 14.2. The third-order valence-corrected chi connectivity index (χ3v) is 3.30. The van der Waals surface area contributed by atoms with Crippen molar-refractivity contribution in [3.05, 3.63) is 0 Å². The number of hydrogen-bond acceptors (Lipinski definition) is 3. The monoisotopic (exact) mass is 376 g/mol. The molecule has 2 atom stereocenters. The Balaban J connectivity index is 0.000000494. The molecule has 1 saturated heterocycles. The van der Waals surface area contributed by atoms with Gasteiger partial charge >= 0.3 is 49.6 Å². The molecule has 1 aliphatic heterocycles. The molecule has 0 radical (unpaired) electrons. The molecule has 8 heteroatoms. The summed E-state index contributed by atoms with van der Waals surface area (Å²) in [5.74, 6) is 0.00444. The molecule has 0 bridgehead atoms. The normalized spacial score (nSPS) is 32.7. The van der Waals surface area contributed by atoms with Crippen LogP contribution in [-0.2, 0) is 17.1 Å². The van der Waals surface area contributed by atoms with Gasteiger partial charge in [-0.15, -0.1) is 0 Å². The summed E-state index contributed by atoms with van der Waals surface area (Å²) in [6.07, 6.45) is 0. The predicted molar refractivity (Wildman–Crippen MR) is 73.8 cm³/mol. The molecule has 2 N–H and O–H groups in total. The van der Waals surface area contributed by atoms with Crippen LogP contribution in [0.3, 0.4) is 0 Å². The van der Waals surface area contributed by atoms with Crippen LogP contribution in [0.15, 0.2) is 0 Å². The van der Waals surface area contributed by atoms with E-state index in [1.54, 1.807) is 0 Å². The molecule has 110 valence electrons.